The van der Waals surface area contributed by atoms with Crippen molar-refractivity contribution >= 4 is 31.5 Å². The van der Waals surface area contributed by atoms with Crippen LogP contribution < -0.4 is 4.72 Å². The van der Waals surface area contributed by atoms with Crippen LogP contribution in [-0.2, 0) is 19.9 Å². The van der Waals surface area contributed by atoms with Gasteiger partial charge in [-0.15, -0.1) is 11.6 Å². The molecule has 0 bridgehead atoms. The van der Waals surface area contributed by atoms with Crippen LogP contribution in [0.1, 0.15) is 26.7 Å². The predicted octanol–water partition coefficient (Wildman–Crippen LogP) is 0.994. The maximum Gasteiger partial charge on any atom is 0.212 e. The normalized spacial score (nSPS) is 14.9. The molecule has 0 aromatic rings. The molecule has 0 aliphatic heterocycles. The summed E-state index contributed by atoms with van der Waals surface area (Å²) >= 11 is 6.10. The van der Waals surface area contributed by atoms with E-state index in [0.717, 1.165) is 19.1 Å². The quantitative estimate of drug-likeness (QED) is 0.643. The fraction of sp³-hybridized carbons (Fsp3) is 1.00. The van der Waals surface area contributed by atoms with Gasteiger partial charge in [0.2, 0.25) is 10.0 Å². The van der Waals surface area contributed by atoms with E-state index in [4.69, 9.17) is 11.6 Å². The van der Waals surface area contributed by atoms with Crippen molar-refractivity contribution in [2.24, 2.45) is 5.92 Å². The van der Waals surface area contributed by atoms with Crippen molar-refractivity contribution < 1.29 is 16.8 Å². The molecule has 1 atom stereocenters. The van der Waals surface area contributed by atoms with E-state index in [1.54, 1.807) is 0 Å². The van der Waals surface area contributed by atoms with Crippen LogP contribution in [0.5, 0.6) is 0 Å². The smallest absolute Gasteiger partial charge is 0.212 e. The predicted molar refractivity (Wildman–Crippen MR) is 75.2 cm³/mol. The second kappa shape index (κ2) is 7.67. The molecule has 0 aromatic carbocycles. The van der Waals surface area contributed by atoms with Gasteiger partial charge in [-0.25, -0.2) is 21.6 Å². The van der Waals surface area contributed by atoms with Gasteiger partial charge in [0.15, 0.2) is 0 Å². The molecule has 0 amide bonds. The van der Waals surface area contributed by atoms with E-state index in [1.165, 1.54) is 0 Å². The van der Waals surface area contributed by atoms with Crippen LogP contribution >= 0.6 is 11.6 Å². The minimum Gasteiger partial charge on any atom is -0.229 e. The van der Waals surface area contributed by atoms with Gasteiger partial charge >= 0.3 is 0 Å². The van der Waals surface area contributed by atoms with E-state index in [2.05, 4.69) is 4.72 Å². The maximum absolute atomic E-state index is 11.5. The molecule has 0 saturated carbocycles. The van der Waals surface area contributed by atoms with Gasteiger partial charge in [0.25, 0.3) is 0 Å². The van der Waals surface area contributed by atoms with Gasteiger partial charge in [-0.3, -0.25) is 0 Å². The van der Waals surface area contributed by atoms with E-state index in [9.17, 15) is 16.8 Å². The highest BCUT2D eigenvalue weighted by molar-refractivity contribution is 7.93. The van der Waals surface area contributed by atoms with Crippen LogP contribution in [0.3, 0.4) is 0 Å². The summed E-state index contributed by atoms with van der Waals surface area (Å²) in [5.74, 6) is -0.539. The fourth-order valence-corrected chi connectivity index (χ4v) is 4.70. The Morgan fingerprint density at radius 2 is 1.56 bits per heavy atom. The molecule has 18 heavy (non-hydrogen) atoms. The van der Waals surface area contributed by atoms with Crippen molar-refractivity contribution in [1.82, 2.24) is 4.72 Å². The summed E-state index contributed by atoms with van der Waals surface area (Å²) in [5.41, 5.74) is 0. The van der Waals surface area contributed by atoms with Crippen LogP contribution in [0.4, 0.5) is 0 Å². The highest BCUT2D eigenvalue weighted by Crippen LogP contribution is 2.17. The minimum absolute atomic E-state index is 0.139. The Morgan fingerprint density at radius 3 is 1.94 bits per heavy atom. The first-order chi connectivity index (χ1) is 8.11. The first-order valence-corrected chi connectivity index (χ1v) is 10.0. The van der Waals surface area contributed by atoms with Crippen LogP contribution in [0, 0.1) is 5.92 Å². The minimum atomic E-state index is -3.57. The zero-order chi connectivity index (χ0) is 14.4. The van der Waals surface area contributed by atoms with Gasteiger partial charge in [0, 0.05) is 18.2 Å². The average molecular weight is 320 g/mol. The van der Waals surface area contributed by atoms with E-state index >= 15 is 0 Å². The standard InChI is InChI=1S/C10H22ClNO4S2/c1-4-9(5-2)10(11)8-12-18(15,16)7-6-17(3,13)14/h9-10,12H,4-8H2,1-3H3. The van der Waals surface area contributed by atoms with E-state index in [-0.39, 0.29) is 23.6 Å². The van der Waals surface area contributed by atoms with Crippen molar-refractivity contribution in [3.05, 3.63) is 0 Å². The molecule has 0 rings (SSSR count). The number of hydrogen-bond acceptors (Lipinski definition) is 4. The summed E-state index contributed by atoms with van der Waals surface area (Å²) in [6, 6.07) is 0. The van der Waals surface area contributed by atoms with Crippen LogP contribution in [-0.4, -0.2) is 46.5 Å². The van der Waals surface area contributed by atoms with Crippen LogP contribution in [0.15, 0.2) is 0 Å². The van der Waals surface area contributed by atoms with Gasteiger partial charge in [-0.05, 0) is 5.92 Å². The maximum atomic E-state index is 11.5. The molecule has 0 heterocycles. The highest BCUT2D eigenvalue weighted by atomic mass is 35.5. The van der Waals surface area contributed by atoms with Crippen molar-refractivity contribution in [1.29, 1.82) is 0 Å². The Hall–Kier alpha value is 0.150. The van der Waals surface area contributed by atoms with Crippen molar-refractivity contribution in [3.63, 3.8) is 0 Å². The molecule has 8 heteroatoms. The third kappa shape index (κ3) is 8.29. The molecule has 0 aliphatic carbocycles. The van der Waals surface area contributed by atoms with Crippen molar-refractivity contribution in [2.75, 3.05) is 24.3 Å². The highest BCUT2D eigenvalue weighted by Gasteiger charge is 2.19. The van der Waals surface area contributed by atoms with Gasteiger partial charge < -0.3 is 0 Å². The Kier molecular flexibility index (Phi) is 7.73. The molecule has 5 nitrogen and oxygen atoms in total. The van der Waals surface area contributed by atoms with Crippen LogP contribution in [0.2, 0.25) is 0 Å². The summed E-state index contributed by atoms with van der Waals surface area (Å²) < 4.78 is 47.2. The number of rotatable bonds is 9. The fourth-order valence-electron chi connectivity index (χ4n) is 1.51. The number of alkyl halides is 1. The molecule has 110 valence electrons. The average Bonchev–Trinajstić information content (AvgIpc) is 2.25. The summed E-state index contributed by atoms with van der Waals surface area (Å²) in [7, 11) is -6.85. The number of halogens is 1. The van der Waals surface area contributed by atoms with E-state index in [0.29, 0.717) is 0 Å². The second-order valence-corrected chi connectivity index (χ2v) is 9.14. The van der Waals surface area contributed by atoms with E-state index < -0.39 is 25.6 Å². The monoisotopic (exact) mass is 319 g/mol. The number of sulfone groups is 1. The summed E-state index contributed by atoms with van der Waals surface area (Å²) in [6.45, 7) is 4.14. The van der Waals surface area contributed by atoms with Gasteiger partial charge in [0.05, 0.1) is 11.5 Å². The Morgan fingerprint density at radius 1 is 1.06 bits per heavy atom. The molecular formula is C10H22ClNO4S2. The number of sulfonamides is 1. The molecule has 0 aromatic heterocycles. The van der Waals surface area contributed by atoms with Crippen molar-refractivity contribution in [3.8, 4) is 0 Å². The lowest BCUT2D eigenvalue weighted by molar-refractivity contribution is 0.460. The molecule has 0 aliphatic rings. The zero-order valence-electron chi connectivity index (χ0n) is 11.0. The molecule has 0 spiro atoms. The number of nitrogens with one attached hydrogen (secondary N) is 1. The lowest BCUT2D eigenvalue weighted by Crippen LogP contribution is -2.36. The lowest BCUT2D eigenvalue weighted by atomic mass is 9.99. The van der Waals surface area contributed by atoms with Crippen molar-refractivity contribution in [2.45, 2.75) is 32.1 Å². The third-order valence-electron chi connectivity index (χ3n) is 2.78. The summed E-state index contributed by atoms with van der Waals surface area (Å²) in [5, 5.41) is -0.270. The van der Waals surface area contributed by atoms with Gasteiger partial charge in [-0.1, -0.05) is 26.7 Å². The van der Waals surface area contributed by atoms with Crippen LogP contribution in [0.25, 0.3) is 0 Å². The molecule has 0 radical (unpaired) electrons. The topological polar surface area (TPSA) is 80.3 Å². The molecule has 0 fully saturated rings. The van der Waals surface area contributed by atoms with E-state index in [1.807, 2.05) is 13.8 Å². The molecule has 1 unspecified atom stereocenters. The zero-order valence-corrected chi connectivity index (χ0v) is 13.4. The number of hydrogen-bond donors (Lipinski definition) is 1. The molecular weight excluding hydrogens is 298 g/mol. The molecule has 1 N–H and O–H groups in total. The molecule has 0 saturated heterocycles. The lowest BCUT2D eigenvalue weighted by Gasteiger charge is -2.19. The van der Waals surface area contributed by atoms with Gasteiger partial charge in [-0.2, -0.15) is 0 Å². The second-order valence-electron chi connectivity index (χ2n) is 4.39. The largest absolute Gasteiger partial charge is 0.229 e. The summed E-state index contributed by atoms with van der Waals surface area (Å²) in [4.78, 5) is 0. The Bertz CT molecular complexity index is 429. The first-order valence-electron chi connectivity index (χ1n) is 5.90. The first kappa shape index (κ1) is 18.1. The van der Waals surface area contributed by atoms with Gasteiger partial charge in [0.1, 0.15) is 9.84 Å². The third-order valence-corrected chi connectivity index (χ3v) is 5.84. The Labute approximate surface area is 115 Å². The Balaban J connectivity index is 4.27. The SMILES string of the molecule is CCC(CC)C(Cl)CNS(=O)(=O)CCS(C)(=O)=O. The summed E-state index contributed by atoms with van der Waals surface area (Å²) in [6.07, 6.45) is 2.78.